The number of benzene rings is 1. The SMILES string of the molecule is CCCCCCCCC(CCCCCCCC)c1cc2ccccc2[nH]1. The van der Waals surface area contributed by atoms with E-state index in [0.29, 0.717) is 0 Å². The highest BCUT2D eigenvalue weighted by atomic mass is 14.7. The number of aromatic amines is 1. The van der Waals surface area contributed by atoms with Crippen molar-refractivity contribution in [2.45, 2.75) is 110 Å². The number of fused-ring (bicyclic) bond motifs is 1. The van der Waals surface area contributed by atoms with E-state index < -0.39 is 0 Å². The normalized spacial score (nSPS) is 11.7. The Balaban J connectivity index is 1.83. The Bertz CT molecular complexity index is 534. The van der Waals surface area contributed by atoms with Crippen LogP contribution in [0, 0.1) is 0 Å². The van der Waals surface area contributed by atoms with Crippen molar-refractivity contribution in [2.75, 3.05) is 0 Å². The fraction of sp³-hybridized carbons (Fsp3) is 0.680. The number of rotatable bonds is 15. The largest absolute Gasteiger partial charge is 0.358 e. The van der Waals surface area contributed by atoms with E-state index in [4.69, 9.17) is 0 Å². The van der Waals surface area contributed by atoms with Gasteiger partial charge in [-0.2, -0.15) is 0 Å². The van der Waals surface area contributed by atoms with Gasteiger partial charge in [0.2, 0.25) is 0 Å². The van der Waals surface area contributed by atoms with Crippen LogP contribution in [0.3, 0.4) is 0 Å². The lowest BCUT2D eigenvalue weighted by Crippen LogP contribution is -2.00. The van der Waals surface area contributed by atoms with Gasteiger partial charge in [-0.05, 0) is 36.3 Å². The summed E-state index contributed by atoms with van der Waals surface area (Å²) in [5.74, 6) is 0.722. The third-order valence-corrected chi connectivity index (χ3v) is 5.80. The molecular weight excluding hydrogens is 314 g/mol. The zero-order chi connectivity index (χ0) is 18.5. The summed E-state index contributed by atoms with van der Waals surface area (Å²) in [6.07, 6.45) is 19.5. The van der Waals surface area contributed by atoms with Gasteiger partial charge < -0.3 is 4.98 Å². The van der Waals surface area contributed by atoms with E-state index in [1.807, 2.05) is 0 Å². The third-order valence-electron chi connectivity index (χ3n) is 5.80. The van der Waals surface area contributed by atoms with Gasteiger partial charge in [0.05, 0.1) is 0 Å². The molecular formula is C25H41N. The average Bonchev–Trinajstić information content (AvgIpc) is 3.09. The molecule has 0 saturated heterocycles. The fourth-order valence-electron chi connectivity index (χ4n) is 4.11. The first-order valence-electron chi connectivity index (χ1n) is 11.4. The van der Waals surface area contributed by atoms with Crippen LogP contribution in [-0.2, 0) is 0 Å². The number of hydrogen-bond donors (Lipinski definition) is 1. The summed E-state index contributed by atoms with van der Waals surface area (Å²) in [4.78, 5) is 3.72. The van der Waals surface area contributed by atoms with Crippen molar-refractivity contribution in [3.8, 4) is 0 Å². The second-order valence-corrected chi connectivity index (χ2v) is 8.12. The second kappa shape index (κ2) is 13.0. The summed E-state index contributed by atoms with van der Waals surface area (Å²) < 4.78 is 0. The molecule has 0 radical (unpaired) electrons. The van der Waals surface area contributed by atoms with Crippen LogP contribution in [0.25, 0.3) is 10.9 Å². The molecule has 1 heterocycles. The van der Waals surface area contributed by atoms with Crippen molar-refractivity contribution in [2.24, 2.45) is 0 Å². The monoisotopic (exact) mass is 355 g/mol. The van der Waals surface area contributed by atoms with Crippen LogP contribution in [0.4, 0.5) is 0 Å². The van der Waals surface area contributed by atoms with Crippen LogP contribution in [0.2, 0.25) is 0 Å². The molecule has 2 rings (SSSR count). The van der Waals surface area contributed by atoms with E-state index in [2.05, 4.69) is 49.2 Å². The summed E-state index contributed by atoms with van der Waals surface area (Å²) >= 11 is 0. The lowest BCUT2D eigenvalue weighted by Gasteiger charge is -2.16. The minimum Gasteiger partial charge on any atom is -0.358 e. The molecule has 1 N–H and O–H groups in total. The molecule has 26 heavy (non-hydrogen) atoms. The molecule has 0 aliphatic rings. The molecule has 0 aliphatic heterocycles. The van der Waals surface area contributed by atoms with Crippen molar-refractivity contribution < 1.29 is 0 Å². The maximum atomic E-state index is 3.72. The predicted molar refractivity (Wildman–Crippen MR) is 117 cm³/mol. The van der Waals surface area contributed by atoms with Crippen LogP contribution in [0.1, 0.15) is 115 Å². The Morgan fingerprint density at radius 2 is 1.23 bits per heavy atom. The molecule has 0 bridgehead atoms. The van der Waals surface area contributed by atoms with Crippen molar-refractivity contribution >= 4 is 10.9 Å². The lowest BCUT2D eigenvalue weighted by molar-refractivity contribution is 0.481. The van der Waals surface area contributed by atoms with E-state index in [0.717, 1.165) is 5.92 Å². The molecule has 146 valence electrons. The maximum absolute atomic E-state index is 3.72. The standard InChI is InChI=1S/C25H41N/c1-3-5-7-9-11-13-17-22(18-14-12-10-8-6-4-2)25-21-23-19-15-16-20-24(23)26-25/h15-16,19-22,26H,3-14,17-18H2,1-2H3. The van der Waals surface area contributed by atoms with Crippen LogP contribution < -0.4 is 0 Å². The summed E-state index contributed by atoms with van der Waals surface area (Å²) in [5.41, 5.74) is 2.78. The van der Waals surface area contributed by atoms with E-state index in [9.17, 15) is 0 Å². The highest BCUT2D eigenvalue weighted by Gasteiger charge is 2.14. The van der Waals surface area contributed by atoms with Crippen LogP contribution in [0.15, 0.2) is 30.3 Å². The van der Waals surface area contributed by atoms with Crippen LogP contribution in [0.5, 0.6) is 0 Å². The molecule has 0 fully saturated rings. The predicted octanol–water partition coefficient (Wildman–Crippen LogP) is 8.75. The number of para-hydroxylation sites is 1. The molecule has 1 heteroatoms. The Hall–Kier alpha value is -1.24. The molecule has 1 aromatic carbocycles. The molecule has 1 aromatic heterocycles. The highest BCUT2D eigenvalue weighted by Crippen LogP contribution is 2.30. The van der Waals surface area contributed by atoms with E-state index >= 15 is 0 Å². The van der Waals surface area contributed by atoms with Gasteiger partial charge in [0.15, 0.2) is 0 Å². The Kier molecular flexibility index (Phi) is 10.5. The third kappa shape index (κ3) is 7.56. The number of H-pyrrole nitrogens is 1. The topological polar surface area (TPSA) is 15.8 Å². The number of hydrogen-bond acceptors (Lipinski definition) is 0. The van der Waals surface area contributed by atoms with Crippen LogP contribution in [-0.4, -0.2) is 4.98 Å². The molecule has 0 spiro atoms. The first-order valence-corrected chi connectivity index (χ1v) is 11.4. The molecule has 0 amide bonds. The van der Waals surface area contributed by atoms with Crippen LogP contribution >= 0.6 is 0 Å². The fourth-order valence-corrected chi connectivity index (χ4v) is 4.11. The first kappa shape index (κ1) is 21.1. The summed E-state index contributed by atoms with van der Waals surface area (Å²) in [6, 6.07) is 11.1. The summed E-state index contributed by atoms with van der Waals surface area (Å²) in [6.45, 7) is 4.60. The Labute approximate surface area is 162 Å². The minimum absolute atomic E-state index is 0.722. The first-order chi connectivity index (χ1) is 12.8. The van der Waals surface area contributed by atoms with Gasteiger partial charge in [-0.3, -0.25) is 0 Å². The van der Waals surface area contributed by atoms with Crippen molar-refractivity contribution in [3.05, 3.63) is 36.0 Å². The maximum Gasteiger partial charge on any atom is 0.0456 e. The van der Waals surface area contributed by atoms with Crippen molar-refractivity contribution in [1.29, 1.82) is 0 Å². The van der Waals surface area contributed by atoms with Crippen molar-refractivity contribution in [1.82, 2.24) is 4.98 Å². The number of aromatic nitrogens is 1. The quantitative estimate of drug-likeness (QED) is 0.307. The highest BCUT2D eigenvalue weighted by molar-refractivity contribution is 5.80. The molecule has 2 aromatic rings. The molecule has 0 unspecified atom stereocenters. The Morgan fingerprint density at radius 1 is 0.692 bits per heavy atom. The zero-order valence-electron chi connectivity index (χ0n) is 17.4. The minimum atomic E-state index is 0.722. The van der Waals surface area contributed by atoms with Gasteiger partial charge in [0.25, 0.3) is 0 Å². The lowest BCUT2D eigenvalue weighted by atomic mass is 9.91. The van der Waals surface area contributed by atoms with E-state index in [1.54, 1.807) is 0 Å². The van der Waals surface area contributed by atoms with E-state index in [1.165, 1.54) is 106 Å². The molecule has 0 saturated carbocycles. The summed E-state index contributed by atoms with van der Waals surface area (Å²) in [7, 11) is 0. The van der Waals surface area contributed by atoms with Gasteiger partial charge in [0.1, 0.15) is 0 Å². The van der Waals surface area contributed by atoms with Gasteiger partial charge in [0, 0.05) is 11.2 Å². The zero-order valence-corrected chi connectivity index (χ0v) is 17.4. The molecule has 0 aliphatic carbocycles. The molecule has 0 atom stereocenters. The van der Waals surface area contributed by atoms with Gasteiger partial charge in [-0.15, -0.1) is 0 Å². The second-order valence-electron chi connectivity index (χ2n) is 8.12. The molecule has 1 nitrogen and oxygen atoms in total. The smallest absolute Gasteiger partial charge is 0.0456 e. The summed E-state index contributed by atoms with van der Waals surface area (Å²) in [5, 5.41) is 1.37. The van der Waals surface area contributed by atoms with E-state index in [-0.39, 0.29) is 0 Å². The van der Waals surface area contributed by atoms with Gasteiger partial charge in [-0.1, -0.05) is 109 Å². The number of nitrogens with one attached hydrogen (secondary N) is 1. The van der Waals surface area contributed by atoms with Crippen molar-refractivity contribution in [3.63, 3.8) is 0 Å². The van der Waals surface area contributed by atoms with Gasteiger partial charge >= 0.3 is 0 Å². The number of unbranched alkanes of at least 4 members (excludes halogenated alkanes) is 10. The van der Waals surface area contributed by atoms with Gasteiger partial charge in [-0.25, -0.2) is 0 Å². The average molecular weight is 356 g/mol. The Morgan fingerprint density at radius 3 is 1.81 bits per heavy atom.